The van der Waals surface area contributed by atoms with Crippen LogP contribution in [0.3, 0.4) is 0 Å². The second-order valence-electron chi connectivity index (χ2n) is 9.10. The van der Waals surface area contributed by atoms with Gasteiger partial charge in [-0.15, -0.1) is 11.8 Å². The normalized spacial score (nSPS) is 11.7. The number of nitrogens with one attached hydrogen (secondary N) is 1. The summed E-state index contributed by atoms with van der Waals surface area (Å²) >= 11 is 1.38. The van der Waals surface area contributed by atoms with E-state index in [1.807, 2.05) is 26.0 Å². The van der Waals surface area contributed by atoms with Crippen LogP contribution >= 0.6 is 11.8 Å². The molecule has 0 atom stereocenters. The van der Waals surface area contributed by atoms with E-state index < -0.39 is 11.2 Å². The maximum Gasteiger partial charge on any atom is 0.330 e. The number of methoxy groups -OCH3 is 1. The van der Waals surface area contributed by atoms with Gasteiger partial charge in [0.05, 0.1) is 12.4 Å². The molecular weight excluding hydrogens is 428 g/mol. The lowest BCUT2D eigenvalue weighted by molar-refractivity contribution is -0.116. The highest BCUT2D eigenvalue weighted by Crippen LogP contribution is 2.26. The molecule has 32 heavy (non-hydrogen) atoms. The molecular formula is C23H34N4O4S. The number of nitrogens with zero attached hydrogens (tertiary/aromatic N) is 2. The SMILES string of the molecule is COCCN(C(=O)CSc1ccc(C(C)(C)C)cc1)c1c(N)n(CC(C)C)c(=O)[nH]c1=O. The number of H-pyrrole nitrogens is 1. The molecule has 1 amide bonds. The molecule has 176 valence electrons. The fourth-order valence-corrected chi connectivity index (χ4v) is 3.98. The van der Waals surface area contributed by atoms with Gasteiger partial charge in [0.15, 0.2) is 5.69 Å². The minimum Gasteiger partial charge on any atom is -0.383 e. The standard InChI is InChI=1S/C23H34N4O4S/c1-15(2)13-27-20(24)19(21(29)25-22(27)30)26(11-12-31-6)18(28)14-32-17-9-7-16(8-10-17)23(3,4)5/h7-10,15H,11-14,24H2,1-6H3,(H,25,29,30). The highest BCUT2D eigenvalue weighted by Gasteiger charge is 2.24. The zero-order valence-electron chi connectivity index (χ0n) is 19.7. The fourth-order valence-electron chi connectivity index (χ4n) is 3.20. The van der Waals surface area contributed by atoms with Gasteiger partial charge in [-0.05, 0) is 29.0 Å². The molecule has 0 aliphatic rings. The third-order valence-electron chi connectivity index (χ3n) is 4.93. The summed E-state index contributed by atoms with van der Waals surface area (Å²) in [7, 11) is 1.52. The van der Waals surface area contributed by atoms with Gasteiger partial charge in [-0.3, -0.25) is 19.1 Å². The van der Waals surface area contributed by atoms with Gasteiger partial charge in [0, 0.05) is 25.1 Å². The molecule has 0 radical (unpaired) electrons. The lowest BCUT2D eigenvalue weighted by Gasteiger charge is -2.24. The first-order valence-corrected chi connectivity index (χ1v) is 11.6. The maximum atomic E-state index is 13.1. The highest BCUT2D eigenvalue weighted by molar-refractivity contribution is 8.00. The van der Waals surface area contributed by atoms with Gasteiger partial charge >= 0.3 is 5.69 Å². The summed E-state index contributed by atoms with van der Waals surface area (Å²) in [5, 5.41) is 0. The van der Waals surface area contributed by atoms with E-state index in [1.165, 1.54) is 33.9 Å². The van der Waals surface area contributed by atoms with Gasteiger partial charge in [0.2, 0.25) is 5.91 Å². The van der Waals surface area contributed by atoms with E-state index in [1.54, 1.807) is 0 Å². The predicted molar refractivity (Wildman–Crippen MR) is 131 cm³/mol. The number of hydrogen-bond acceptors (Lipinski definition) is 6. The predicted octanol–water partition coefficient (Wildman–Crippen LogP) is 2.84. The summed E-state index contributed by atoms with van der Waals surface area (Å²) in [6, 6.07) is 8.09. The van der Waals surface area contributed by atoms with Crippen LogP contribution in [0.2, 0.25) is 0 Å². The number of thioether (sulfide) groups is 1. The Kier molecular flexibility index (Phi) is 8.74. The van der Waals surface area contributed by atoms with Gasteiger partial charge in [-0.2, -0.15) is 0 Å². The van der Waals surface area contributed by atoms with E-state index >= 15 is 0 Å². The van der Waals surface area contributed by atoms with Crippen LogP contribution in [0.5, 0.6) is 0 Å². The van der Waals surface area contributed by atoms with Gasteiger partial charge in [-0.25, -0.2) is 4.79 Å². The van der Waals surface area contributed by atoms with Crippen LogP contribution in [0.15, 0.2) is 38.8 Å². The summed E-state index contributed by atoms with van der Waals surface area (Å²) in [6.45, 7) is 11.0. The van der Waals surface area contributed by atoms with Crippen LogP contribution < -0.4 is 21.9 Å². The first-order valence-electron chi connectivity index (χ1n) is 10.6. The maximum absolute atomic E-state index is 13.1. The molecule has 0 spiro atoms. The molecule has 0 saturated heterocycles. The number of nitrogen functional groups attached to an aromatic ring is 1. The molecule has 0 aliphatic heterocycles. The molecule has 2 rings (SSSR count). The zero-order valence-corrected chi connectivity index (χ0v) is 20.5. The molecule has 0 bridgehead atoms. The molecule has 0 aliphatic carbocycles. The first kappa shape index (κ1) is 25.7. The molecule has 1 aromatic carbocycles. The Bertz CT molecular complexity index is 1040. The van der Waals surface area contributed by atoms with Crippen molar-refractivity contribution in [2.45, 2.75) is 51.5 Å². The van der Waals surface area contributed by atoms with E-state index in [0.29, 0.717) is 6.54 Å². The van der Waals surface area contributed by atoms with Gasteiger partial charge in [0.1, 0.15) is 5.82 Å². The van der Waals surface area contributed by atoms with Crippen LogP contribution in [0, 0.1) is 5.92 Å². The minimum atomic E-state index is -0.684. The highest BCUT2D eigenvalue weighted by atomic mass is 32.2. The Morgan fingerprint density at radius 2 is 1.84 bits per heavy atom. The molecule has 1 heterocycles. The average Bonchev–Trinajstić information content (AvgIpc) is 2.71. The van der Waals surface area contributed by atoms with Crippen molar-refractivity contribution in [3.8, 4) is 0 Å². The summed E-state index contributed by atoms with van der Waals surface area (Å²) in [4.78, 5) is 42.6. The molecule has 0 fully saturated rings. The second kappa shape index (κ2) is 10.9. The van der Waals surface area contributed by atoms with Gasteiger partial charge < -0.3 is 15.4 Å². The van der Waals surface area contributed by atoms with E-state index in [0.717, 1.165) is 4.90 Å². The number of hydrogen-bond donors (Lipinski definition) is 2. The lowest BCUT2D eigenvalue weighted by Crippen LogP contribution is -2.43. The Labute approximate surface area is 193 Å². The Morgan fingerprint density at radius 1 is 1.22 bits per heavy atom. The summed E-state index contributed by atoms with van der Waals surface area (Å²) < 4.78 is 6.43. The van der Waals surface area contributed by atoms with E-state index in [4.69, 9.17) is 10.5 Å². The van der Waals surface area contributed by atoms with E-state index in [-0.39, 0.29) is 47.6 Å². The lowest BCUT2D eigenvalue weighted by atomic mass is 9.87. The van der Waals surface area contributed by atoms with Gasteiger partial charge in [-0.1, -0.05) is 46.8 Å². The molecule has 3 N–H and O–H groups in total. The third-order valence-corrected chi connectivity index (χ3v) is 5.93. The summed E-state index contributed by atoms with van der Waals surface area (Å²) in [5.41, 5.74) is 6.18. The van der Waals surface area contributed by atoms with E-state index in [2.05, 4.69) is 37.9 Å². The Balaban J connectivity index is 2.31. The van der Waals surface area contributed by atoms with Crippen LogP contribution in [0.4, 0.5) is 11.5 Å². The summed E-state index contributed by atoms with van der Waals surface area (Å²) in [6.07, 6.45) is 0. The number of anilines is 2. The first-order chi connectivity index (χ1) is 15.0. The largest absolute Gasteiger partial charge is 0.383 e. The van der Waals surface area contributed by atoms with Crippen molar-refractivity contribution in [2.75, 3.05) is 36.6 Å². The number of ether oxygens (including phenoxy) is 1. The second-order valence-corrected chi connectivity index (χ2v) is 10.1. The van der Waals surface area contributed by atoms with Crippen LogP contribution in [0.1, 0.15) is 40.2 Å². The van der Waals surface area contributed by atoms with Crippen molar-refractivity contribution in [1.29, 1.82) is 0 Å². The summed E-state index contributed by atoms with van der Waals surface area (Å²) in [5.74, 6) is -0.0698. The molecule has 2 aromatic rings. The van der Waals surface area contributed by atoms with Crippen molar-refractivity contribution in [2.24, 2.45) is 5.92 Å². The average molecular weight is 463 g/mol. The number of aromatic nitrogens is 2. The number of benzene rings is 1. The number of carbonyl (C=O) groups is 1. The number of nitrogens with two attached hydrogens (primary N) is 1. The smallest absolute Gasteiger partial charge is 0.330 e. The van der Waals surface area contributed by atoms with Gasteiger partial charge in [0.25, 0.3) is 5.56 Å². The molecule has 1 aromatic heterocycles. The van der Waals surface area contributed by atoms with Crippen LogP contribution in [-0.4, -0.2) is 41.5 Å². The number of carbonyl (C=O) groups excluding carboxylic acids is 1. The number of rotatable bonds is 9. The topological polar surface area (TPSA) is 110 Å². The van der Waals surface area contributed by atoms with Crippen molar-refractivity contribution < 1.29 is 9.53 Å². The molecule has 0 saturated carbocycles. The quantitative estimate of drug-likeness (QED) is 0.555. The van der Waals surface area contributed by atoms with Crippen LogP contribution in [0.25, 0.3) is 0 Å². The van der Waals surface area contributed by atoms with Crippen molar-refractivity contribution >= 4 is 29.2 Å². The molecule has 9 heteroatoms. The zero-order chi connectivity index (χ0) is 24.1. The number of amides is 1. The van der Waals surface area contributed by atoms with Crippen LogP contribution in [-0.2, 0) is 21.5 Å². The minimum absolute atomic E-state index is 0.0172. The van der Waals surface area contributed by atoms with Crippen molar-refractivity contribution in [3.63, 3.8) is 0 Å². The molecule has 8 nitrogen and oxygen atoms in total. The number of aromatic amines is 1. The van der Waals surface area contributed by atoms with Crippen molar-refractivity contribution in [3.05, 3.63) is 50.7 Å². The van der Waals surface area contributed by atoms with Crippen molar-refractivity contribution in [1.82, 2.24) is 9.55 Å². The Hall–Kier alpha value is -2.52. The van der Waals surface area contributed by atoms with E-state index in [9.17, 15) is 14.4 Å². The third kappa shape index (κ3) is 6.49. The fraction of sp³-hybridized carbons (Fsp3) is 0.522. The molecule has 0 unspecified atom stereocenters. The monoisotopic (exact) mass is 462 g/mol. The Morgan fingerprint density at radius 3 is 2.38 bits per heavy atom.